The maximum atomic E-state index is 12.6. The number of carbonyl (C=O) groups excluding carboxylic acids is 1. The van der Waals surface area contributed by atoms with Gasteiger partial charge in [0.05, 0.1) is 5.56 Å². The van der Waals surface area contributed by atoms with Crippen LogP contribution in [0.2, 0.25) is 0 Å². The Balaban J connectivity index is 1.07. The Morgan fingerprint density at radius 3 is 2.14 bits per heavy atom. The molecule has 1 amide bonds. The molecule has 6 nitrogen and oxygen atoms in total. The van der Waals surface area contributed by atoms with E-state index >= 15 is 0 Å². The van der Waals surface area contributed by atoms with Crippen molar-refractivity contribution in [3.63, 3.8) is 0 Å². The van der Waals surface area contributed by atoms with E-state index in [0.717, 1.165) is 50.8 Å². The van der Waals surface area contributed by atoms with Gasteiger partial charge in [0.1, 0.15) is 11.5 Å². The smallest absolute Gasteiger partial charge is 0.417 e. The second-order valence-electron chi connectivity index (χ2n) is 9.19. The van der Waals surface area contributed by atoms with Crippen molar-refractivity contribution in [2.45, 2.75) is 32.1 Å². The van der Waals surface area contributed by atoms with Gasteiger partial charge < -0.3 is 14.4 Å². The summed E-state index contributed by atoms with van der Waals surface area (Å²) in [4.78, 5) is 20.5. The van der Waals surface area contributed by atoms with E-state index in [1.54, 1.807) is 29.2 Å². The van der Waals surface area contributed by atoms with Crippen LogP contribution in [0.15, 0.2) is 66.9 Å². The van der Waals surface area contributed by atoms with Gasteiger partial charge in [0.2, 0.25) is 5.88 Å². The molecule has 0 aliphatic carbocycles. The number of amides is 1. The minimum absolute atomic E-state index is 0.0356. The third kappa shape index (κ3) is 5.79. The van der Waals surface area contributed by atoms with Crippen molar-refractivity contribution < 1.29 is 27.4 Å². The van der Waals surface area contributed by atoms with Crippen LogP contribution in [0, 0.1) is 5.92 Å². The molecule has 0 N–H and O–H groups in total. The molecule has 2 aliphatic rings. The highest BCUT2D eigenvalue weighted by Gasteiger charge is 2.31. The summed E-state index contributed by atoms with van der Waals surface area (Å²) in [7, 11) is 0. The fourth-order valence-corrected chi connectivity index (χ4v) is 4.67. The Morgan fingerprint density at radius 2 is 1.56 bits per heavy atom. The van der Waals surface area contributed by atoms with Crippen molar-refractivity contribution in [1.82, 2.24) is 14.8 Å². The second kappa shape index (κ2) is 10.2. The summed E-state index contributed by atoms with van der Waals surface area (Å²) >= 11 is 0. The predicted molar refractivity (Wildman–Crippen MR) is 127 cm³/mol. The first-order chi connectivity index (χ1) is 17.3. The van der Waals surface area contributed by atoms with E-state index in [1.807, 2.05) is 0 Å². The first-order valence-electron chi connectivity index (χ1n) is 11.9. The zero-order chi connectivity index (χ0) is 25.1. The summed E-state index contributed by atoms with van der Waals surface area (Å²) in [6, 6.07) is 16.9. The van der Waals surface area contributed by atoms with Crippen molar-refractivity contribution in [1.29, 1.82) is 0 Å². The number of halogens is 3. The van der Waals surface area contributed by atoms with Crippen LogP contribution in [0.3, 0.4) is 0 Å². The molecule has 2 aromatic carbocycles. The molecule has 1 aromatic heterocycles. The molecule has 1 fully saturated rings. The second-order valence-corrected chi connectivity index (χ2v) is 9.19. The lowest BCUT2D eigenvalue weighted by Crippen LogP contribution is -2.42. The van der Waals surface area contributed by atoms with Crippen LogP contribution in [-0.4, -0.2) is 40.5 Å². The molecule has 3 aromatic rings. The van der Waals surface area contributed by atoms with Gasteiger partial charge in [-0.1, -0.05) is 24.3 Å². The Kier molecular flexibility index (Phi) is 6.82. The number of carbonyl (C=O) groups is 1. The normalized spacial score (nSPS) is 16.6. The summed E-state index contributed by atoms with van der Waals surface area (Å²) in [6.07, 6.45) is -2.24. The molecule has 0 saturated carbocycles. The molecule has 1 saturated heterocycles. The van der Waals surface area contributed by atoms with Crippen molar-refractivity contribution in [2.24, 2.45) is 5.92 Å². The number of piperidine rings is 1. The largest absolute Gasteiger partial charge is 0.439 e. The van der Waals surface area contributed by atoms with Gasteiger partial charge in [-0.2, -0.15) is 13.2 Å². The summed E-state index contributed by atoms with van der Waals surface area (Å²) in [5.41, 5.74) is 1.97. The molecular formula is C27H26F3N3O3. The summed E-state index contributed by atoms with van der Waals surface area (Å²) in [5.74, 6) is 1.32. The number of ether oxygens (including phenoxy) is 2. The van der Waals surface area contributed by atoms with Gasteiger partial charge >= 0.3 is 12.3 Å². The minimum atomic E-state index is -4.45. The predicted octanol–water partition coefficient (Wildman–Crippen LogP) is 6.12. The highest BCUT2D eigenvalue weighted by molar-refractivity contribution is 5.70. The lowest BCUT2D eigenvalue weighted by molar-refractivity contribution is -0.137. The van der Waals surface area contributed by atoms with E-state index in [-0.39, 0.29) is 12.0 Å². The van der Waals surface area contributed by atoms with Crippen LogP contribution < -0.4 is 9.47 Å². The van der Waals surface area contributed by atoms with E-state index in [1.165, 1.54) is 11.1 Å². The number of pyridine rings is 1. The van der Waals surface area contributed by atoms with Gasteiger partial charge in [-0.3, -0.25) is 4.90 Å². The van der Waals surface area contributed by atoms with Gasteiger partial charge in [-0.15, -0.1) is 0 Å². The van der Waals surface area contributed by atoms with Crippen molar-refractivity contribution in [2.75, 3.05) is 19.6 Å². The van der Waals surface area contributed by atoms with E-state index in [2.05, 4.69) is 34.1 Å². The van der Waals surface area contributed by atoms with Crippen LogP contribution in [0.4, 0.5) is 18.0 Å². The number of benzene rings is 2. The lowest BCUT2D eigenvalue weighted by atomic mass is 9.96. The number of likely N-dealkylation sites (tertiary alicyclic amines) is 1. The number of nitrogens with zero attached hydrogens (tertiary/aromatic N) is 3. The molecule has 2 aliphatic heterocycles. The van der Waals surface area contributed by atoms with Gasteiger partial charge in [0.25, 0.3) is 0 Å². The van der Waals surface area contributed by atoms with Crippen LogP contribution in [0.25, 0.3) is 0 Å². The summed E-state index contributed by atoms with van der Waals surface area (Å²) in [5, 5.41) is 0. The number of hydrogen-bond acceptors (Lipinski definition) is 5. The van der Waals surface area contributed by atoms with E-state index in [9.17, 15) is 18.0 Å². The van der Waals surface area contributed by atoms with Crippen LogP contribution >= 0.6 is 0 Å². The molecule has 188 valence electrons. The maximum Gasteiger partial charge on any atom is 0.417 e. The average molecular weight is 498 g/mol. The van der Waals surface area contributed by atoms with E-state index < -0.39 is 11.7 Å². The molecule has 3 heterocycles. The van der Waals surface area contributed by atoms with Crippen LogP contribution in [0.5, 0.6) is 17.4 Å². The van der Waals surface area contributed by atoms with Gasteiger partial charge in [0, 0.05) is 45.0 Å². The zero-order valence-electron chi connectivity index (χ0n) is 19.6. The summed E-state index contributed by atoms with van der Waals surface area (Å²) < 4.78 is 48.9. The Hall–Kier alpha value is -3.59. The van der Waals surface area contributed by atoms with Gasteiger partial charge in [-0.25, -0.2) is 9.78 Å². The minimum Gasteiger partial charge on any atom is -0.439 e. The quantitative estimate of drug-likeness (QED) is 0.425. The molecule has 9 heteroatoms. The third-order valence-corrected chi connectivity index (χ3v) is 6.61. The fraction of sp³-hybridized carbons (Fsp3) is 0.333. The number of fused-ring (bicyclic) bond motifs is 1. The standard InChI is InChI=1S/C27H26F3N3O3/c28-27(29,30)22-5-10-25(31-15-22)35-23-6-8-24(9-7-23)36-26(34)33-13-11-19(12-14-33)16-32-17-20-3-1-2-4-21(20)18-32/h1-10,15,19H,11-14,16-18H2. The Bertz CT molecular complexity index is 1170. The molecule has 0 atom stereocenters. The Labute approximate surface area is 207 Å². The number of alkyl halides is 3. The summed E-state index contributed by atoms with van der Waals surface area (Å²) in [6.45, 7) is 4.34. The fourth-order valence-electron chi connectivity index (χ4n) is 4.67. The van der Waals surface area contributed by atoms with Crippen molar-refractivity contribution >= 4 is 6.09 Å². The van der Waals surface area contributed by atoms with Crippen molar-refractivity contribution in [3.05, 3.63) is 83.6 Å². The molecule has 0 bridgehead atoms. The topological polar surface area (TPSA) is 54.9 Å². The van der Waals surface area contributed by atoms with Gasteiger partial charge in [0.15, 0.2) is 0 Å². The Morgan fingerprint density at radius 1 is 0.917 bits per heavy atom. The molecule has 0 unspecified atom stereocenters. The first kappa shape index (κ1) is 24.1. The van der Waals surface area contributed by atoms with E-state index in [0.29, 0.717) is 30.5 Å². The lowest BCUT2D eigenvalue weighted by Gasteiger charge is -2.33. The zero-order valence-corrected chi connectivity index (χ0v) is 19.6. The van der Waals surface area contributed by atoms with Crippen molar-refractivity contribution in [3.8, 4) is 17.4 Å². The number of hydrogen-bond donors (Lipinski definition) is 0. The number of rotatable bonds is 5. The molecule has 0 spiro atoms. The van der Waals surface area contributed by atoms with Crippen LogP contribution in [0.1, 0.15) is 29.5 Å². The maximum absolute atomic E-state index is 12.6. The monoisotopic (exact) mass is 497 g/mol. The molecular weight excluding hydrogens is 471 g/mol. The van der Waals surface area contributed by atoms with Crippen LogP contribution in [-0.2, 0) is 19.3 Å². The first-order valence-corrected chi connectivity index (χ1v) is 11.9. The average Bonchev–Trinajstić information content (AvgIpc) is 3.28. The molecule has 5 rings (SSSR count). The van der Waals surface area contributed by atoms with E-state index in [4.69, 9.17) is 9.47 Å². The highest BCUT2D eigenvalue weighted by atomic mass is 19.4. The third-order valence-electron chi connectivity index (χ3n) is 6.61. The molecule has 36 heavy (non-hydrogen) atoms. The number of aromatic nitrogens is 1. The highest BCUT2D eigenvalue weighted by Crippen LogP contribution is 2.31. The van der Waals surface area contributed by atoms with Gasteiger partial charge in [-0.05, 0) is 60.2 Å². The SMILES string of the molecule is O=C(Oc1ccc(Oc2ccc(C(F)(F)F)cn2)cc1)N1CCC(CN2Cc3ccccc3C2)CC1. The molecule has 0 radical (unpaired) electrons.